The summed E-state index contributed by atoms with van der Waals surface area (Å²) in [5.41, 5.74) is 0.410. The molecule has 0 aliphatic heterocycles. The van der Waals surface area contributed by atoms with E-state index in [0.29, 0.717) is 17.1 Å². The van der Waals surface area contributed by atoms with E-state index < -0.39 is 15.4 Å². The number of nitrogens with one attached hydrogen (secondary N) is 3. The van der Waals surface area contributed by atoms with Gasteiger partial charge in [0.25, 0.3) is 10.0 Å². The Hall–Kier alpha value is -2.65. The van der Waals surface area contributed by atoms with Crippen LogP contribution in [0.15, 0.2) is 53.4 Å². The van der Waals surface area contributed by atoms with Crippen molar-refractivity contribution in [3.63, 3.8) is 0 Å². The maximum Gasteiger partial charge on any atom is 0.261 e. The van der Waals surface area contributed by atoms with E-state index in [1.165, 1.54) is 19.2 Å². The fraction of sp³-hybridized carbons (Fsp3) is 0.263. The molecule has 2 aromatic rings. The number of sulfonamides is 1. The molecular weight excluding hydrogens is 398 g/mol. The SMILES string of the molecule is COc1ccc(NS(=O)(=O)c2ccc(NC(=S)NC(=O)C(C)(C)C)cc2)cc1. The number of amides is 1. The van der Waals surface area contributed by atoms with Crippen LogP contribution in [0.3, 0.4) is 0 Å². The summed E-state index contributed by atoms with van der Waals surface area (Å²) in [6.45, 7) is 5.33. The van der Waals surface area contributed by atoms with Crippen molar-refractivity contribution >= 4 is 44.6 Å². The van der Waals surface area contributed by atoms with Gasteiger partial charge in [-0.1, -0.05) is 20.8 Å². The van der Waals surface area contributed by atoms with E-state index in [0.717, 1.165) is 0 Å². The minimum Gasteiger partial charge on any atom is -0.497 e. The Morgan fingerprint density at radius 1 is 0.964 bits per heavy atom. The number of carbonyl (C=O) groups is 1. The highest BCUT2D eigenvalue weighted by Crippen LogP contribution is 2.20. The van der Waals surface area contributed by atoms with Gasteiger partial charge in [0.05, 0.1) is 12.0 Å². The van der Waals surface area contributed by atoms with E-state index in [9.17, 15) is 13.2 Å². The molecule has 1 amide bonds. The van der Waals surface area contributed by atoms with Gasteiger partial charge < -0.3 is 15.4 Å². The molecule has 0 saturated carbocycles. The van der Waals surface area contributed by atoms with Crippen LogP contribution >= 0.6 is 12.2 Å². The first-order valence-corrected chi connectivity index (χ1v) is 10.3. The Kier molecular flexibility index (Phi) is 6.63. The largest absolute Gasteiger partial charge is 0.497 e. The van der Waals surface area contributed by atoms with Crippen LogP contribution in [0.1, 0.15) is 20.8 Å². The van der Waals surface area contributed by atoms with E-state index in [1.54, 1.807) is 57.2 Å². The summed E-state index contributed by atoms with van der Waals surface area (Å²) in [6.07, 6.45) is 0. The standard InChI is InChI=1S/C19H23N3O4S2/c1-19(2,3)17(23)21-18(27)20-13-7-11-16(12-8-13)28(24,25)22-14-5-9-15(26-4)10-6-14/h5-12,22H,1-4H3,(H2,20,21,23,27). The van der Waals surface area contributed by atoms with Crippen molar-refractivity contribution in [3.8, 4) is 5.75 Å². The second-order valence-corrected chi connectivity index (χ2v) is 9.11. The first-order chi connectivity index (χ1) is 13.0. The molecule has 9 heteroatoms. The van der Waals surface area contributed by atoms with E-state index in [4.69, 9.17) is 17.0 Å². The van der Waals surface area contributed by atoms with Crippen LogP contribution in [0.2, 0.25) is 0 Å². The van der Waals surface area contributed by atoms with Crippen molar-refractivity contribution in [2.75, 3.05) is 17.1 Å². The third kappa shape index (κ3) is 5.93. The highest BCUT2D eigenvalue weighted by atomic mass is 32.2. The lowest BCUT2D eigenvalue weighted by molar-refractivity contribution is -0.126. The molecule has 0 atom stereocenters. The van der Waals surface area contributed by atoms with Gasteiger partial charge >= 0.3 is 0 Å². The average Bonchev–Trinajstić information content (AvgIpc) is 2.61. The van der Waals surface area contributed by atoms with Gasteiger partial charge in [-0.2, -0.15) is 0 Å². The smallest absolute Gasteiger partial charge is 0.261 e. The molecule has 0 heterocycles. The summed E-state index contributed by atoms with van der Waals surface area (Å²) >= 11 is 5.11. The summed E-state index contributed by atoms with van der Waals surface area (Å²) in [5.74, 6) is 0.417. The molecule has 0 fully saturated rings. The van der Waals surface area contributed by atoms with Gasteiger partial charge in [0.1, 0.15) is 5.75 Å². The molecule has 0 aliphatic carbocycles. The zero-order valence-corrected chi connectivity index (χ0v) is 17.7. The highest BCUT2D eigenvalue weighted by molar-refractivity contribution is 7.92. The molecule has 150 valence electrons. The van der Waals surface area contributed by atoms with Gasteiger partial charge in [-0.15, -0.1) is 0 Å². The van der Waals surface area contributed by atoms with Crippen LogP contribution < -0.4 is 20.1 Å². The molecule has 0 bridgehead atoms. The van der Waals surface area contributed by atoms with E-state index in [2.05, 4.69) is 15.4 Å². The van der Waals surface area contributed by atoms with Crippen LogP contribution in [-0.4, -0.2) is 26.5 Å². The molecule has 2 rings (SSSR count). The van der Waals surface area contributed by atoms with Gasteiger partial charge in [0, 0.05) is 16.8 Å². The maximum absolute atomic E-state index is 12.5. The number of hydrogen-bond acceptors (Lipinski definition) is 5. The third-order valence-electron chi connectivity index (χ3n) is 3.67. The molecule has 0 aliphatic rings. The number of hydrogen-bond donors (Lipinski definition) is 3. The number of thiocarbonyl (C=S) groups is 1. The molecule has 0 aromatic heterocycles. The Bertz CT molecular complexity index is 948. The minimum atomic E-state index is -3.74. The first kappa shape index (κ1) is 21.6. The van der Waals surface area contributed by atoms with Crippen LogP contribution in [0, 0.1) is 5.41 Å². The molecule has 0 radical (unpaired) electrons. The van der Waals surface area contributed by atoms with Gasteiger partial charge in [0.15, 0.2) is 5.11 Å². The Morgan fingerprint density at radius 2 is 1.50 bits per heavy atom. The summed E-state index contributed by atoms with van der Waals surface area (Å²) in [6, 6.07) is 12.6. The van der Waals surface area contributed by atoms with Gasteiger partial charge in [-0.3, -0.25) is 9.52 Å². The summed E-state index contributed by atoms with van der Waals surface area (Å²) < 4.78 is 32.6. The molecule has 7 nitrogen and oxygen atoms in total. The zero-order valence-electron chi connectivity index (χ0n) is 16.1. The monoisotopic (exact) mass is 421 g/mol. The van der Waals surface area contributed by atoms with Crippen molar-refractivity contribution in [2.45, 2.75) is 25.7 Å². The van der Waals surface area contributed by atoms with Gasteiger partial charge in [0.2, 0.25) is 5.91 Å². The predicted molar refractivity (Wildman–Crippen MR) is 114 cm³/mol. The topological polar surface area (TPSA) is 96.5 Å². The van der Waals surface area contributed by atoms with Crippen LogP contribution in [0.4, 0.5) is 11.4 Å². The van der Waals surface area contributed by atoms with Crippen LogP contribution in [0.25, 0.3) is 0 Å². The number of methoxy groups -OCH3 is 1. The lowest BCUT2D eigenvalue weighted by atomic mass is 9.96. The van der Waals surface area contributed by atoms with Crippen molar-refractivity contribution in [1.82, 2.24) is 5.32 Å². The van der Waals surface area contributed by atoms with Crippen LogP contribution in [0.5, 0.6) is 5.75 Å². The highest BCUT2D eigenvalue weighted by Gasteiger charge is 2.22. The number of rotatable bonds is 5. The van der Waals surface area contributed by atoms with Crippen molar-refractivity contribution in [3.05, 3.63) is 48.5 Å². The molecular formula is C19H23N3O4S2. The Labute approximate surface area is 170 Å². The summed E-state index contributed by atoms with van der Waals surface area (Å²) in [4.78, 5) is 12.0. The molecule has 2 aromatic carbocycles. The van der Waals surface area contributed by atoms with Gasteiger partial charge in [-0.05, 0) is 60.7 Å². The van der Waals surface area contributed by atoms with E-state index in [1.807, 2.05) is 0 Å². The second kappa shape index (κ2) is 8.57. The number of ether oxygens (including phenoxy) is 1. The minimum absolute atomic E-state index is 0.0958. The lowest BCUT2D eigenvalue weighted by Crippen LogP contribution is -2.41. The molecule has 0 saturated heterocycles. The molecule has 3 N–H and O–H groups in total. The Morgan fingerprint density at radius 3 is 2.00 bits per heavy atom. The lowest BCUT2D eigenvalue weighted by Gasteiger charge is -2.18. The molecule has 28 heavy (non-hydrogen) atoms. The number of anilines is 2. The van der Waals surface area contributed by atoms with Gasteiger partial charge in [-0.25, -0.2) is 8.42 Å². The number of benzene rings is 2. The van der Waals surface area contributed by atoms with E-state index in [-0.39, 0.29) is 15.9 Å². The fourth-order valence-corrected chi connectivity index (χ4v) is 3.31. The summed E-state index contributed by atoms with van der Waals surface area (Å²) in [7, 11) is -2.20. The summed E-state index contributed by atoms with van der Waals surface area (Å²) in [5, 5.41) is 5.60. The normalized spacial score (nSPS) is 11.4. The Balaban J connectivity index is 2.04. The first-order valence-electron chi connectivity index (χ1n) is 8.40. The average molecular weight is 422 g/mol. The van der Waals surface area contributed by atoms with Crippen molar-refractivity contribution in [2.24, 2.45) is 5.41 Å². The second-order valence-electron chi connectivity index (χ2n) is 7.02. The maximum atomic E-state index is 12.5. The van der Waals surface area contributed by atoms with Crippen molar-refractivity contribution < 1.29 is 17.9 Å². The zero-order chi connectivity index (χ0) is 20.9. The van der Waals surface area contributed by atoms with E-state index >= 15 is 0 Å². The predicted octanol–water partition coefficient (Wildman–Crippen LogP) is 3.36. The molecule has 0 unspecified atom stereocenters. The van der Waals surface area contributed by atoms with Crippen LogP contribution in [-0.2, 0) is 14.8 Å². The quantitative estimate of drug-likeness (QED) is 0.641. The number of carbonyl (C=O) groups excluding carboxylic acids is 1. The fourth-order valence-electron chi connectivity index (χ4n) is 2.04. The molecule has 0 spiro atoms. The third-order valence-corrected chi connectivity index (χ3v) is 5.27. The van der Waals surface area contributed by atoms with Crippen molar-refractivity contribution in [1.29, 1.82) is 0 Å².